The molecule has 0 aromatic heterocycles. The number of aliphatic hydroxyl groups is 1. The van der Waals surface area contributed by atoms with Crippen molar-refractivity contribution in [2.45, 2.75) is 32.4 Å². The molecule has 0 saturated carbocycles. The molecule has 0 radical (unpaired) electrons. The number of nitrogens with zero attached hydrogens (tertiary/aromatic N) is 1. The van der Waals surface area contributed by atoms with Gasteiger partial charge in [-0.05, 0) is 21.8 Å². The van der Waals surface area contributed by atoms with E-state index in [1.54, 1.807) is 0 Å². The van der Waals surface area contributed by atoms with Crippen molar-refractivity contribution in [1.29, 1.82) is 0 Å². The van der Waals surface area contributed by atoms with Crippen LogP contribution in [0.2, 0.25) is 0 Å². The maximum absolute atomic E-state index is 10.8. The topological polar surface area (TPSA) is 110 Å². The largest absolute Gasteiger partial charge is 0.506 e. The molecule has 0 aliphatic heterocycles. The van der Waals surface area contributed by atoms with Gasteiger partial charge < -0.3 is 15.9 Å². The number of phenolic OH excluding ortho intramolecular Hbond substituents is 1. The fraction of sp³-hybridized carbons (Fsp3) is 0.500. The number of aromatic hydroxyl groups is 1. The minimum absolute atomic E-state index is 0. The van der Waals surface area contributed by atoms with Crippen molar-refractivity contribution < 1.29 is 15.1 Å². The van der Waals surface area contributed by atoms with Crippen LogP contribution in [0.3, 0.4) is 0 Å². The normalized spacial score (nSPS) is 15.1. The van der Waals surface area contributed by atoms with E-state index in [0.717, 1.165) is 0 Å². The first-order chi connectivity index (χ1) is 8.79. The third-order valence-corrected chi connectivity index (χ3v) is 3.85. The number of rotatable bonds is 5. The standard InChI is InChI=1S/C12H17BrN2O4.ClH/c1-3-6(2)11(16)10(14)8-4-7(15(18)19)5-9(13)12(8)17;/h4-6,10-11,16-17H,3,14H2,1-2H3;1H/t6?,10-,11+;/m0./s1. The molecule has 6 nitrogen and oxygen atoms in total. The molecule has 0 heterocycles. The number of hydrogen-bond donors (Lipinski definition) is 3. The third kappa shape index (κ3) is 4.05. The van der Waals surface area contributed by atoms with Gasteiger partial charge in [-0.1, -0.05) is 20.3 Å². The van der Waals surface area contributed by atoms with Gasteiger partial charge in [-0.15, -0.1) is 12.4 Å². The second-order valence-corrected chi connectivity index (χ2v) is 5.38. The van der Waals surface area contributed by atoms with Gasteiger partial charge in [-0.25, -0.2) is 0 Å². The van der Waals surface area contributed by atoms with Gasteiger partial charge >= 0.3 is 0 Å². The van der Waals surface area contributed by atoms with Gasteiger partial charge in [0.25, 0.3) is 5.69 Å². The highest BCUT2D eigenvalue weighted by Gasteiger charge is 2.27. The highest BCUT2D eigenvalue weighted by molar-refractivity contribution is 9.10. The van der Waals surface area contributed by atoms with Crippen LogP contribution in [0.1, 0.15) is 31.9 Å². The van der Waals surface area contributed by atoms with Crippen molar-refractivity contribution in [2.75, 3.05) is 0 Å². The van der Waals surface area contributed by atoms with E-state index in [4.69, 9.17) is 5.73 Å². The van der Waals surface area contributed by atoms with Gasteiger partial charge in [-0.3, -0.25) is 10.1 Å². The summed E-state index contributed by atoms with van der Waals surface area (Å²) in [5.74, 6) is -0.257. The summed E-state index contributed by atoms with van der Waals surface area (Å²) in [5, 5.41) is 30.8. The zero-order chi connectivity index (χ0) is 14.7. The van der Waals surface area contributed by atoms with E-state index in [1.807, 2.05) is 13.8 Å². The Morgan fingerprint density at radius 2 is 2.05 bits per heavy atom. The highest BCUT2D eigenvalue weighted by atomic mass is 79.9. The molecule has 20 heavy (non-hydrogen) atoms. The summed E-state index contributed by atoms with van der Waals surface area (Å²) in [7, 11) is 0. The van der Waals surface area contributed by atoms with Crippen molar-refractivity contribution in [3.63, 3.8) is 0 Å². The number of nitro benzene ring substituents is 1. The third-order valence-electron chi connectivity index (χ3n) is 3.24. The number of non-ortho nitro benzene ring substituents is 1. The van der Waals surface area contributed by atoms with Crippen LogP contribution in [0, 0.1) is 16.0 Å². The number of benzene rings is 1. The minimum Gasteiger partial charge on any atom is -0.506 e. The molecular weight excluding hydrogens is 351 g/mol. The maximum Gasteiger partial charge on any atom is 0.271 e. The van der Waals surface area contributed by atoms with Crippen molar-refractivity contribution in [3.8, 4) is 5.75 Å². The molecule has 114 valence electrons. The molecule has 8 heteroatoms. The van der Waals surface area contributed by atoms with Gasteiger partial charge in [0.05, 0.1) is 21.5 Å². The van der Waals surface area contributed by atoms with E-state index in [1.165, 1.54) is 12.1 Å². The summed E-state index contributed by atoms with van der Waals surface area (Å²) in [5.41, 5.74) is 5.87. The van der Waals surface area contributed by atoms with Gasteiger partial charge in [0.15, 0.2) is 0 Å². The number of nitro groups is 1. The summed E-state index contributed by atoms with van der Waals surface area (Å²) in [6.45, 7) is 3.73. The van der Waals surface area contributed by atoms with Gasteiger partial charge in [-0.2, -0.15) is 0 Å². The lowest BCUT2D eigenvalue weighted by Crippen LogP contribution is -2.31. The zero-order valence-corrected chi connectivity index (χ0v) is 13.5. The summed E-state index contributed by atoms with van der Waals surface area (Å²) in [6.07, 6.45) is -0.170. The monoisotopic (exact) mass is 368 g/mol. The van der Waals surface area contributed by atoms with Crippen LogP contribution in [0.15, 0.2) is 16.6 Å². The van der Waals surface area contributed by atoms with Crippen LogP contribution in [-0.4, -0.2) is 21.2 Å². The van der Waals surface area contributed by atoms with Crippen molar-refractivity contribution in [3.05, 3.63) is 32.3 Å². The molecule has 3 atom stereocenters. The lowest BCUT2D eigenvalue weighted by molar-refractivity contribution is -0.385. The highest BCUT2D eigenvalue weighted by Crippen LogP contribution is 2.37. The number of aliphatic hydroxyl groups excluding tert-OH is 1. The minimum atomic E-state index is -0.884. The predicted molar refractivity (Wildman–Crippen MR) is 82.1 cm³/mol. The average molecular weight is 370 g/mol. The molecular formula is C12H18BrClN2O4. The smallest absolute Gasteiger partial charge is 0.271 e. The van der Waals surface area contributed by atoms with Gasteiger partial charge in [0.2, 0.25) is 0 Å². The Hall–Kier alpha value is -0.890. The molecule has 0 aliphatic rings. The predicted octanol–water partition coefficient (Wildman–Crippen LogP) is 2.89. The molecule has 1 unspecified atom stereocenters. The van der Waals surface area contributed by atoms with Crippen molar-refractivity contribution >= 4 is 34.0 Å². The van der Waals surface area contributed by atoms with E-state index in [-0.39, 0.29) is 39.8 Å². The Bertz CT molecular complexity index is 487. The van der Waals surface area contributed by atoms with E-state index in [2.05, 4.69) is 15.9 Å². The molecule has 0 fully saturated rings. The second kappa shape index (κ2) is 7.78. The fourth-order valence-electron chi connectivity index (χ4n) is 1.74. The van der Waals surface area contributed by atoms with Crippen LogP contribution in [-0.2, 0) is 0 Å². The summed E-state index contributed by atoms with van der Waals surface area (Å²) >= 11 is 3.05. The Morgan fingerprint density at radius 3 is 2.50 bits per heavy atom. The Kier molecular flexibility index (Phi) is 7.43. The molecule has 0 bridgehead atoms. The van der Waals surface area contributed by atoms with Crippen molar-refractivity contribution in [1.82, 2.24) is 0 Å². The van der Waals surface area contributed by atoms with E-state index < -0.39 is 17.1 Å². The van der Waals surface area contributed by atoms with Crippen LogP contribution < -0.4 is 5.73 Å². The second-order valence-electron chi connectivity index (χ2n) is 4.52. The summed E-state index contributed by atoms with van der Waals surface area (Å²) in [6, 6.07) is 1.50. The number of phenols is 1. The Balaban J connectivity index is 0.00000361. The number of halogens is 2. The van der Waals surface area contributed by atoms with Crippen LogP contribution in [0.5, 0.6) is 5.75 Å². The van der Waals surface area contributed by atoms with Crippen LogP contribution in [0.25, 0.3) is 0 Å². The number of hydrogen-bond acceptors (Lipinski definition) is 5. The molecule has 0 amide bonds. The molecule has 0 aliphatic carbocycles. The van der Waals surface area contributed by atoms with Crippen LogP contribution >= 0.6 is 28.3 Å². The van der Waals surface area contributed by atoms with E-state index in [9.17, 15) is 20.3 Å². The first kappa shape index (κ1) is 19.1. The van der Waals surface area contributed by atoms with Crippen LogP contribution in [0.4, 0.5) is 5.69 Å². The lowest BCUT2D eigenvalue weighted by Gasteiger charge is -2.24. The Labute approximate surface area is 131 Å². The van der Waals surface area contributed by atoms with E-state index in [0.29, 0.717) is 6.42 Å². The molecule has 1 aromatic rings. The first-order valence-electron chi connectivity index (χ1n) is 5.90. The Morgan fingerprint density at radius 1 is 1.50 bits per heavy atom. The average Bonchev–Trinajstić information content (AvgIpc) is 2.38. The molecule has 0 saturated heterocycles. The number of nitrogens with two attached hydrogens (primary N) is 1. The molecule has 1 rings (SSSR count). The SMILES string of the molecule is CCC(C)[C@@H](O)[C@@H](N)c1cc([N+](=O)[O-])cc(Br)c1O.Cl. The first-order valence-corrected chi connectivity index (χ1v) is 6.69. The van der Waals surface area contributed by atoms with Gasteiger partial charge in [0, 0.05) is 17.7 Å². The molecule has 0 spiro atoms. The fourth-order valence-corrected chi connectivity index (χ4v) is 2.21. The lowest BCUT2D eigenvalue weighted by atomic mass is 9.91. The van der Waals surface area contributed by atoms with Gasteiger partial charge in [0.1, 0.15) is 5.75 Å². The van der Waals surface area contributed by atoms with E-state index >= 15 is 0 Å². The zero-order valence-electron chi connectivity index (χ0n) is 11.1. The molecule has 1 aromatic carbocycles. The molecule has 4 N–H and O–H groups in total. The maximum atomic E-state index is 10.8. The van der Waals surface area contributed by atoms with Crippen molar-refractivity contribution in [2.24, 2.45) is 11.7 Å². The summed E-state index contributed by atoms with van der Waals surface area (Å²) in [4.78, 5) is 10.2. The quantitative estimate of drug-likeness (QED) is 0.546. The summed E-state index contributed by atoms with van der Waals surface area (Å²) < 4.78 is 0.184.